The summed E-state index contributed by atoms with van der Waals surface area (Å²) in [4.78, 5) is 4.81. The monoisotopic (exact) mass is 366 g/mol. The Morgan fingerprint density at radius 3 is 2.65 bits per heavy atom. The zero-order valence-corrected chi connectivity index (χ0v) is 14.5. The van der Waals surface area contributed by atoms with Crippen LogP contribution in [0.2, 0.25) is 0 Å². The molecular weight excluding hydrogens is 352 g/mol. The highest BCUT2D eigenvalue weighted by molar-refractivity contribution is 9.10. The first-order chi connectivity index (χ1) is 11.2. The van der Waals surface area contributed by atoms with Gasteiger partial charge in [-0.2, -0.15) is 0 Å². The Labute approximate surface area is 142 Å². The quantitative estimate of drug-likeness (QED) is 0.354. The number of aryl methyl sites for hydroxylation is 1. The van der Waals surface area contributed by atoms with E-state index >= 15 is 0 Å². The summed E-state index contributed by atoms with van der Waals surface area (Å²) in [5.41, 5.74) is 4.21. The zero-order valence-electron chi connectivity index (χ0n) is 12.9. The molecule has 0 aliphatic carbocycles. The predicted molar refractivity (Wildman–Crippen MR) is 98.7 cm³/mol. The van der Waals surface area contributed by atoms with E-state index in [1.807, 2.05) is 6.08 Å². The van der Waals surface area contributed by atoms with E-state index in [1.165, 1.54) is 16.3 Å². The van der Waals surface area contributed by atoms with Crippen molar-refractivity contribution in [2.24, 2.45) is 0 Å². The van der Waals surface area contributed by atoms with Crippen LogP contribution in [-0.2, 0) is 4.74 Å². The maximum atomic E-state index is 5.04. The number of methoxy groups -OCH3 is 1. The predicted octanol–water partition coefficient (Wildman–Crippen LogP) is 5.33. The first-order valence-electron chi connectivity index (χ1n) is 7.39. The van der Waals surface area contributed by atoms with Gasteiger partial charge in [-0.15, -0.1) is 0 Å². The van der Waals surface area contributed by atoms with E-state index < -0.39 is 0 Å². The number of imidazole rings is 1. The van der Waals surface area contributed by atoms with Gasteiger partial charge in [-0.05, 0) is 39.9 Å². The molecule has 0 saturated carbocycles. The van der Waals surface area contributed by atoms with Crippen LogP contribution in [0.25, 0.3) is 33.4 Å². The van der Waals surface area contributed by atoms with Crippen molar-refractivity contribution in [1.29, 1.82) is 0 Å². The van der Waals surface area contributed by atoms with Crippen molar-refractivity contribution in [2.45, 2.75) is 6.92 Å². The minimum Gasteiger partial charge on any atom is -0.504 e. The molecule has 0 bridgehead atoms. The summed E-state index contributed by atoms with van der Waals surface area (Å²) in [7, 11) is 1.63. The van der Waals surface area contributed by atoms with Gasteiger partial charge in [-0.1, -0.05) is 36.4 Å². The van der Waals surface area contributed by atoms with Crippen molar-refractivity contribution in [3.63, 3.8) is 0 Å². The van der Waals surface area contributed by atoms with Crippen molar-refractivity contribution in [3.8, 4) is 0 Å². The Hall–Kier alpha value is -2.33. The van der Waals surface area contributed by atoms with E-state index in [9.17, 15) is 0 Å². The van der Waals surface area contributed by atoms with Crippen LogP contribution < -0.4 is 0 Å². The zero-order chi connectivity index (χ0) is 16.0. The van der Waals surface area contributed by atoms with Gasteiger partial charge in [-0.25, -0.2) is 4.98 Å². The molecule has 2 heterocycles. The van der Waals surface area contributed by atoms with Crippen molar-refractivity contribution < 1.29 is 4.74 Å². The lowest BCUT2D eigenvalue weighted by Gasteiger charge is -2.10. The maximum Gasteiger partial charge on any atom is 0.146 e. The smallest absolute Gasteiger partial charge is 0.146 e. The summed E-state index contributed by atoms with van der Waals surface area (Å²) in [5.74, 6) is 0. The van der Waals surface area contributed by atoms with Gasteiger partial charge in [0.1, 0.15) is 10.3 Å². The number of halogens is 1. The van der Waals surface area contributed by atoms with Crippen LogP contribution in [0.15, 0.2) is 53.3 Å². The van der Waals surface area contributed by atoms with Crippen LogP contribution >= 0.6 is 15.9 Å². The molecule has 4 heteroatoms. The van der Waals surface area contributed by atoms with Gasteiger partial charge in [0.15, 0.2) is 0 Å². The molecule has 4 rings (SSSR count). The first-order valence-corrected chi connectivity index (χ1v) is 8.19. The van der Waals surface area contributed by atoms with Crippen LogP contribution in [0.1, 0.15) is 11.3 Å². The average Bonchev–Trinajstić information content (AvgIpc) is 2.90. The Morgan fingerprint density at radius 1 is 1.09 bits per heavy atom. The van der Waals surface area contributed by atoms with E-state index in [-0.39, 0.29) is 0 Å². The molecule has 0 atom stereocenters. The van der Waals surface area contributed by atoms with Crippen LogP contribution in [0.3, 0.4) is 0 Å². The molecule has 3 nitrogen and oxygen atoms in total. The number of fused-ring (bicyclic) bond motifs is 6. The molecule has 2 aromatic heterocycles. The summed E-state index contributed by atoms with van der Waals surface area (Å²) < 4.78 is 8.14. The second kappa shape index (κ2) is 5.39. The Balaban J connectivity index is 2.29. The minimum absolute atomic E-state index is 0.853. The van der Waals surface area contributed by atoms with Gasteiger partial charge in [-0.3, -0.25) is 4.40 Å². The van der Waals surface area contributed by atoms with Crippen molar-refractivity contribution in [2.75, 3.05) is 7.11 Å². The molecule has 0 amide bonds. The van der Waals surface area contributed by atoms with Gasteiger partial charge in [0.05, 0.1) is 24.6 Å². The number of pyridine rings is 1. The molecule has 0 saturated heterocycles. The van der Waals surface area contributed by atoms with E-state index in [0.717, 1.165) is 26.8 Å². The average molecular weight is 367 g/mol. The second-order valence-electron chi connectivity index (χ2n) is 5.50. The Morgan fingerprint density at radius 2 is 1.87 bits per heavy atom. The third-order valence-electron chi connectivity index (χ3n) is 4.14. The fourth-order valence-electron chi connectivity index (χ4n) is 3.14. The van der Waals surface area contributed by atoms with Gasteiger partial charge in [0.25, 0.3) is 0 Å². The summed E-state index contributed by atoms with van der Waals surface area (Å²) in [6.45, 7) is 2.15. The van der Waals surface area contributed by atoms with E-state index in [4.69, 9.17) is 9.72 Å². The van der Waals surface area contributed by atoms with Gasteiger partial charge >= 0.3 is 0 Å². The molecule has 0 aliphatic heterocycles. The van der Waals surface area contributed by atoms with E-state index in [0.29, 0.717) is 0 Å². The molecule has 0 radical (unpaired) electrons. The third kappa shape index (κ3) is 2.05. The Bertz CT molecular complexity index is 1080. The Kier molecular flexibility index (Phi) is 3.34. The normalized spacial score (nSPS) is 12.0. The molecule has 0 aliphatic rings. The molecule has 0 unspecified atom stereocenters. The molecule has 23 heavy (non-hydrogen) atoms. The number of rotatable bonds is 2. The highest BCUT2D eigenvalue weighted by Crippen LogP contribution is 2.34. The van der Waals surface area contributed by atoms with Crippen LogP contribution in [-0.4, -0.2) is 16.5 Å². The molecule has 0 fully saturated rings. The lowest BCUT2D eigenvalue weighted by molar-refractivity contribution is 0.341. The molecule has 2 aromatic carbocycles. The number of hydrogen-bond donors (Lipinski definition) is 0. The largest absolute Gasteiger partial charge is 0.504 e. The van der Waals surface area contributed by atoms with Crippen LogP contribution in [0.5, 0.6) is 0 Å². The molecule has 0 spiro atoms. The second-order valence-corrected chi connectivity index (χ2v) is 6.25. The third-order valence-corrected chi connectivity index (χ3v) is 4.90. The number of nitrogens with zero attached hydrogens (tertiary/aromatic N) is 2. The van der Waals surface area contributed by atoms with Crippen molar-refractivity contribution in [1.82, 2.24) is 9.38 Å². The number of aromatic nitrogens is 2. The van der Waals surface area contributed by atoms with E-state index in [2.05, 4.69) is 69.7 Å². The number of hydrogen-bond acceptors (Lipinski definition) is 2. The minimum atomic E-state index is 0.853. The van der Waals surface area contributed by atoms with Crippen molar-refractivity contribution >= 4 is 49.3 Å². The fraction of sp³-hybridized carbons (Fsp3) is 0.105. The summed E-state index contributed by atoms with van der Waals surface area (Å²) in [5, 5.41) is 3.64. The van der Waals surface area contributed by atoms with Gasteiger partial charge in [0, 0.05) is 16.8 Å². The highest BCUT2D eigenvalue weighted by atomic mass is 79.9. The molecule has 0 N–H and O–H groups in total. The summed E-state index contributed by atoms with van der Waals surface area (Å²) >= 11 is 3.71. The van der Waals surface area contributed by atoms with Gasteiger partial charge in [0.2, 0.25) is 0 Å². The number of ether oxygens (including phenoxy) is 1. The standard InChI is InChI=1S/C19H15BrN2O/c1-12-6-5-9-16-17(12)13-7-3-4-8-14(13)19-21-15(10-11-23-2)18(20)22(16)19/h3-11H,1-2H3. The molecule has 114 valence electrons. The summed E-state index contributed by atoms with van der Waals surface area (Å²) in [6, 6.07) is 14.8. The summed E-state index contributed by atoms with van der Waals surface area (Å²) in [6.07, 6.45) is 3.51. The molecule has 4 aromatic rings. The fourth-order valence-corrected chi connectivity index (χ4v) is 3.72. The first kappa shape index (κ1) is 14.3. The highest BCUT2D eigenvalue weighted by Gasteiger charge is 2.15. The van der Waals surface area contributed by atoms with E-state index in [1.54, 1.807) is 13.4 Å². The number of benzene rings is 2. The van der Waals surface area contributed by atoms with Gasteiger partial charge < -0.3 is 4.74 Å². The van der Waals surface area contributed by atoms with Crippen LogP contribution in [0.4, 0.5) is 0 Å². The lowest BCUT2D eigenvalue weighted by atomic mass is 10.0. The lowest BCUT2D eigenvalue weighted by Crippen LogP contribution is -1.93. The van der Waals surface area contributed by atoms with Crippen molar-refractivity contribution in [3.05, 3.63) is 64.6 Å². The SMILES string of the molecule is COC=Cc1nc2c3ccccc3c3c(C)cccc3n2c1Br. The molecular formula is C19H15BrN2O. The topological polar surface area (TPSA) is 26.5 Å². The maximum absolute atomic E-state index is 5.04. The van der Waals surface area contributed by atoms with Crippen LogP contribution in [0, 0.1) is 6.92 Å².